The summed E-state index contributed by atoms with van der Waals surface area (Å²) in [6.07, 6.45) is -1.41. The molecule has 0 bridgehead atoms. The predicted molar refractivity (Wildman–Crippen MR) is 155 cm³/mol. The minimum Gasteiger partial charge on any atom is -0.466 e. The lowest BCUT2D eigenvalue weighted by Crippen LogP contribution is -2.51. The van der Waals surface area contributed by atoms with Crippen LogP contribution in [0.3, 0.4) is 0 Å². The molecule has 0 aromatic carbocycles. The Bertz CT molecular complexity index is 1030. The van der Waals surface area contributed by atoms with Crippen molar-refractivity contribution in [3.8, 4) is 0 Å². The first-order valence-electron chi connectivity index (χ1n) is 13.7. The second-order valence-electron chi connectivity index (χ2n) is 12.3. The Morgan fingerprint density at radius 2 is 1.93 bits per heavy atom. The van der Waals surface area contributed by atoms with Crippen LogP contribution in [0.2, 0.25) is 0 Å². The number of hydrogen-bond donors (Lipinski definition) is 2. The molecule has 232 valence electrons. The lowest BCUT2D eigenvalue weighted by Gasteiger charge is -2.37. The van der Waals surface area contributed by atoms with Crippen LogP contribution >= 0.6 is 23.2 Å². The van der Waals surface area contributed by atoms with Gasteiger partial charge in [0.25, 0.3) is 0 Å². The zero-order valence-corrected chi connectivity index (χ0v) is 25.7. The second kappa shape index (κ2) is 14.5. The maximum absolute atomic E-state index is 14.4. The topological polar surface area (TPSA) is 115 Å². The largest absolute Gasteiger partial charge is 0.466 e. The molecule has 1 aliphatic carbocycles. The van der Waals surface area contributed by atoms with Crippen LogP contribution in [0.4, 0.5) is 13.2 Å². The fourth-order valence-electron chi connectivity index (χ4n) is 5.22. The van der Waals surface area contributed by atoms with E-state index in [2.05, 4.69) is 9.98 Å². The van der Waals surface area contributed by atoms with Gasteiger partial charge < -0.3 is 20.2 Å². The fraction of sp³-hybridized carbons (Fsp3) is 0.750. The van der Waals surface area contributed by atoms with E-state index < -0.39 is 58.0 Å². The van der Waals surface area contributed by atoms with Crippen molar-refractivity contribution in [1.29, 1.82) is 5.41 Å². The summed E-state index contributed by atoms with van der Waals surface area (Å²) in [4.78, 5) is 34.7. The number of aliphatic imine (C=N–C) groups is 2. The molecule has 2 aliphatic rings. The lowest BCUT2D eigenvalue weighted by atomic mass is 9.72. The number of halogens is 5. The van der Waals surface area contributed by atoms with E-state index in [1.54, 1.807) is 27.7 Å². The standard InChI is InChI=1S/C28H41Cl2F3N4O4/c1-6-41-22(39)11-27(5)9-7-17(8-10-27)36-24(28(31,32)33)18(12-34)25(40)37(16-26(2,3)4)15-21(38)23-19(29)13-35-14-20(23)30/h12-14,17-19,21,23,34,38H,6-11,15-16H2,1-5H3. The number of aliphatic hydroxyl groups excluding tert-OH is 1. The third-order valence-electron chi connectivity index (χ3n) is 7.26. The first-order chi connectivity index (χ1) is 18.9. The van der Waals surface area contributed by atoms with Crippen molar-refractivity contribution in [1.82, 2.24) is 4.90 Å². The highest BCUT2D eigenvalue weighted by molar-refractivity contribution is 6.34. The summed E-state index contributed by atoms with van der Waals surface area (Å²) in [5.74, 6) is -4.15. The molecule has 13 heteroatoms. The monoisotopic (exact) mass is 624 g/mol. The minimum atomic E-state index is -4.97. The Morgan fingerprint density at radius 1 is 1.32 bits per heavy atom. The SMILES string of the molecule is CCOC(=O)CC1(C)CCC(N=C(C(C=N)C(=O)N(CC(O)C2C(Cl)=CN=CC2Cl)CC(C)(C)C)C(F)(F)F)CC1. The quantitative estimate of drug-likeness (QED) is 0.172. The summed E-state index contributed by atoms with van der Waals surface area (Å²) in [6.45, 7) is 8.92. The van der Waals surface area contributed by atoms with Crippen LogP contribution in [0.1, 0.15) is 66.7 Å². The number of nitrogens with one attached hydrogen (secondary N) is 1. The average Bonchev–Trinajstić information content (AvgIpc) is 2.83. The van der Waals surface area contributed by atoms with E-state index >= 15 is 0 Å². The summed E-state index contributed by atoms with van der Waals surface area (Å²) < 4.78 is 48.1. The Hall–Kier alpha value is -1.98. The Labute approximate surface area is 249 Å². The number of nitrogens with zero attached hydrogens (tertiary/aromatic N) is 3. The first kappa shape index (κ1) is 35.2. The third-order valence-corrected chi connectivity index (χ3v) is 8.00. The maximum atomic E-state index is 14.4. The molecule has 1 aliphatic heterocycles. The van der Waals surface area contributed by atoms with Crippen molar-refractivity contribution in [3.63, 3.8) is 0 Å². The van der Waals surface area contributed by atoms with E-state index in [1.165, 1.54) is 12.4 Å². The molecule has 41 heavy (non-hydrogen) atoms. The van der Waals surface area contributed by atoms with Gasteiger partial charge in [-0.05, 0) is 43.4 Å². The van der Waals surface area contributed by atoms with Gasteiger partial charge in [-0.2, -0.15) is 13.2 Å². The lowest BCUT2D eigenvalue weighted by molar-refractivity contribution is -0.146. The highest BCUT2D eigenvalue weighted by Gasteiger charge is 2.46. The van der Waals surface area contributed by atoms with Gasteiger partial charge in [-0.25, -0.2) is 0 Å². The van der Waals surface area contributed by atoms with Gasteiger partial charge in [0.15, 0.2) is 0 Å². The van der Waals surface area contributed by atoms with Gasteiger partial charge in [0, 0.05) is 42.7 Å². The number of carbonyl (C=O) groups excluding carboxylic acids is 2. The predicted octanol–water partition coefficient (Wildman–Crippen LogP) is 5.78. The molecule has 2 rings (SSSR count). The van der Waals surface area contributed by atoms with Crippen LogP contribution in [0, 0.1) is 28.1 Å². The molecule has 0 aromatic heterocycles. The van der Waals surface area contributed by atoms with Crippen LogP contribution in [0.15, 0.2) is 21.2 Å². The molecule has 0 radical (unpaired) electrons. The van der Waals surface area contributed by atoms with Crippen molar-refractivity contribution in [3.05, 3.63) is 11.2 Å². The van der Waals surface area contributed by atoms with Crippen LogP contribution in [0.25, 0.3) is 0 Å². The molecule has 4 unspecified atom stereocenters. The molecule has 0 spiro atoms. The number of esters is 1. The van der Waals surface area contributed by atoms with Gasteiger partial charge in [-0.3, -0.25) is 19.6 Å². The Balaban J connectivity index is 2.32. The zero-order valence-electron chi connectivity index (χ0n) is 24.2. The third kappa shape index (κ3) is 10.4. The van der Waals surface area contributed by atoms with Gasteiger partial charge in [-0.15, -0.1) is 11.6 Å². The van der Waals surface area contributed by atoms with E-state index in [0.717, 1.165) is 4.90 Å². The first-order valence-corrected chi connectivity index (χ1v) is 14.5. The van der Waals surface area contributed by atoms with Crippen molar-refractivity contribution in [2.75, 3.05) is 19.7 Å². The summed E-state index contributed by atoms with van der Waals surface area (Å²) in [5.41, 5.74) is -2.30. The van der Waals surface area contributed by atoms with Crippen molar-refractivity contribution < 1.29 is 32.6 Å². The zero-order chi connectivity index (χ0) is 31.2. The van der Waals surface area contributed by atoms with E-state index in [1.807, 2.05) is 6.92 Å². The average molecular weight is 626 g/mol. The van der Waals surface area contributed by atoms with Crippen LogP contribution < -0.4 is 0 Å². The summed E-state index contributed by atoms with van der Waals surface area (Å²) in [6, 6.07) is -0.721. The fourth-order valence-corrected chi connectivity index (χ4v) is 5.99. The molecule has 1 saturated carbocycles. The van der Waals surface area contributed by atoms with Gasteiger partial charge in [0.1, 0.15) is 11.6 Å². The summed E-state index contributed by atoms with van der Waals surface area (Å²) >= 11 is 12.5. The number of ether oxygens (including phenoxy) is 1. The number of amides is 1. The second-order valence-corrected chi connectivity index (χ2v) is 13.2. The van der Waals surface area contributed by atoms with Gasteiger partial charge in [0.05, 0.1) is 30.6 Å². The molecule has 0 saturated heterocycles. The Kier molecular flexibility index (Phi) is 12.4. The number of carbonyl (C=O) groups is 2. The van der Waals surface area contributed by atoms with Gasteiger partial charge in [0.2, 0.25) is 5.91 Å². The minimum absolute atomic E-state index is 0.00308. The molecular weight excluding hydrogens is 584 g/mol. The van der Waals surface area contributed by atoms with E-state index in [-0.39, 0.29) is 37.1 Å². The summed E-state index contributed by atoms with van der Waals surface area (Å²) in [7, 11) is 0. The molecule has 1 fully saturated rings. The number of alkyl halides is 4. The van der Waals surface area contributed by atoms with E-state index in [4.69, 9.17) is 33.3 Å². The normalized spacial score (nSPS) is 27.0. The number of hydrogen-bond acceptors (Lipinski definition) is 7. The highest BCUT2D eigenvalue weighted by Crippen LogP contribution is 2.41. The maximum Gasteiger partial charge on any atom is 0.430 e. The molecule has 1 amide bonds. The van der Waals surface area contributed by atoms with Crippen molar-refractivity contribution >= 4 is 53.2 Å². The van der Waals surface area contributed by atoms with E-state index in [0.29, 0.717) is 31.9 Å². The van der Waals surface area contributed by atoms with Crippen LogP contribution in [-0.4, -0.2) is 83.4 Å². The van der Waals surface area contributed by atoms with Crippen molar-refractivity contribution in [2.45, 2.75) is 90.4 Å². The number of aliphatic hydroxyl groups is 1. The van der Waals surface area contributed by atoms with Crippen LogP contribution in [-0.2, 0) is 14.3 Å². The molecule has 0 aromatic rings. The molecule has 4 atom stereocenters. The number of rotatable bonds is 11. The smallest absolute Gasteiger partial charge is 0.430 e. The Morgan fingerprint density at radius 3 is 2.41 bits per heavy atom. The summed E-state index contributed by atoms with van der Waals surface area (Å²) in [5, 5.41) is 18.2. The van der Waals surface area contributed by atoms with Crippen molar-refractivity contribution in [2.24, 2.45) is 32.7 Å². The van der Waals surface area contributed by atoms with Gasteiger partial charge in [-0.1, -0.05) is 39.3 Å². The molecular formula is C28H41Cl2F3N4O4. The highest BCUT2D eigenvalue weighted by atomic mass is 35.5. The molecule has 8 nitrogen and oxygen atoms in total. The molecule has 2 N–H and O–H groups in total. The molecule has 1 heterocycles. The van der Waals surface area contributed by atoms with Gasteiger partial charge >= 0.3 is 12.1 Å². The van der Waals surface area contributed by atoms with E-state index in [9.17, 15) is 27.9 Å². The van der Waals surface area contributed by atoms with Crippen LogP contribution in [0.5, 0.6) is 0 Å².